The fourth-order valence-corrected chi connectivity index (χ4v) is 0.547. The van der Waals surface area contributed by atoms with Gasteiger partial charge in [-0.25, -0.2) is 17.6 Å². The predicted molar refractivity (Wildman–Crippen MR) is 46.9 cm³/mol. The lowest BCUT2D eigenvalue weighted by molar-refractivity contribution is -0.197. The van der Waals surface area contributed by atoms with E-state index >= 15 is 0 Å². The van der Waals surface area contributed by atoms with Crippen molar-refractivity contribution in [2.24, 2.45) is 0 Å². The molecule has 0 bridgehead atoms. The Morgan fingerprint density at radius 2 is 1.67 bits per heavy atom. The Morgan fingerprint density at radius 1 is 1.27 bits per heavy atom. The molecule has 0 radical (unpaired) electrons. The smallest absolute Gasteiger partial charge is 0.275 e. The normalized spacial score (nSPS) is 12.0. The highest BCUT2D eigenvalue weighted by Crippen LogP contribution is 2.25. The van der Waals surface area contributed by atoms with Crippen molar-refractivity contribution in [3.05, 3.63) is 24.5 Å². The first-order chi connectivity index (χ1) is 6.71. The summed E-state index contributed by atoms with van der Waals surface area (Å²) in [5.74, 6) is -0.116. The fraction of sp³-hybridized carbons (Fsp3) is 0.556. The highest BCUT2D eigenvalue weighted by molar-refractivity contribution is 5.16. The van der Waals surface area contributed by atoms with Crippen LogP contribution in [-0.2, 0) is 4.74 Å². The van der Waals surface area contributed by atoms with Gasteiger partial charge >= 0.3 is 0 Å². The zero-order valence-corrected chi connectivity index (χ0v) is 8.14. The Kier molecular flexibility index (Phi) is 4.80. The van der Waals surface area contributed by atoms with E-state index in [1.165, 1.54) is 6.92 Å². The Hall–Kier alpha value is -1.04. The molecule has 0 unspecified atom stereocenters. The van der Waals surface area contributed by atoms with Gasteiger partial charge in [0.05, 0.1) is 0 Å². The molecule has 0 aliphatic heterocycles. The molecule has 1 N–H and O–H groups in total. The molecule has 0 saturated heterocycles. The molecule has 0 aromatic rings. The number of rotatable bonds is 6. The first-order valence-electron chi connectivity index (χ1n) is 3.98. The molecule has 0 amide bonds. The van der Waals surface area contributed by atoms with E-state index in [-0.39, 0.29) is 5.76 Å². The molecule has 6 heteroatoms. The van der Waals surface area contributed by atoms with Gasteiger partial charge in [-0.2, -0.15) is 0 Å². The van der Waals surface area contributed by atoms with Crippen LogP contribution in [0.15, 0.2) is 24.5 Å². The molecule has 0 saturated carbocycles. The number of aliphatic hydroxyl groups is 1. The molecule has 0 aromatic heterocycles. The number of alkyl halides is 4. The highest BCUT2D eigenvalue weighted by atomic mass is 19.3. The molecule has 0 heterocycles. The van der Waals surface area contributed by atoms with E-state index in [4.69, 9.17) is 5.11 Å². The van der Waals surface area contributed by atoms with E-state index in [0.29, 0.717) is 5.57 Å². The van der Waals surface area contributed by atoms with Crippen molar-refractivity contribution in [2.75, 3.05) is 6.61 Å². The van der Waals surface area contributed by atoms with Gasteiger partial charge in [-0.3, -0.25) is 0 Å². The molecule has 88 valence electrons. The van der Waals surface area contributed by atoms with E-state index in [1.54, 1.807) is 0 Å². The van der Waals surface area contributed by atoms with Crippen LogP contribution in [-0.4, -0.2) is 30.2 Å². The van der Waals surface area contributed by atoms with Gasteiger partial charge < -0.3 is 9.84 Å². The van der Waals surface area contributed by atoms with E-state index in [1.807, 2.05) is 0 Å². The standard InChI is InChI=1S/C9H12F4O2/c1-5(2)6(3)15-4-9(14,7(10)11)8(12)13/h7-8,14H,1,3-4H2,2H3. The van der Waals surface area contributed by atoms with Crippen LogP contribution in [0.1, 0.15) is 6.92 Å². The van der Waals surface area contributed by atoms with Crippen molar-refractivity contribution in [3.8, 4) is 0 Å². The van der Waals surface area contributed by atoms with E-state index in [2.05, 4.69) is 17.9 Å². The summed E-state index contributed by atoms with van der Waals surface area (Å²) >= 11 is 0. The van der Waals surface area contributed by atoms with Gasteiger partial charge in [0.2, 0.25) is 5.60 Å². The third-order valence-electron chi connectivity index (χ3n) is 1.71. The van der Waals surface area contributed by atoms with Crippen LogP contribution in [0.3, 0.4) is 0 Å². The zero-order valence-electron chi connectivity index (χ0n) is 8.14. The first kappa shape index (κ1) is 14.0. The largest absolute Gasteiger partial charge is 0.490 e. The van der Waals surface area contributed by atoms with Crippen molar-refractivity contribution in [2.45, 2.75) is 25.4 Å². The molecule has 2 nitrogen and oxygen atoms in total. The van der Waals surface area contributed by atoms with Crippen LogP contribution in [0.5, 0.6) is 0 Å². The Balaban J connectivity index is 4.45. The number of hydrogen-bond acceptors (Lipinski definition) is 2. The van der Waals surface area contributed by atoms with Gasteiger partial charge in [0, 0.05) is 0 Å². The summed E-state index contributed by atoms with van der Waals surface area (Å²) in [5.41, 5.74) is -3.17. The van der Waals surface area contributed by atoms with Crippen LogP contribution in [0.2, 0.25) is 0 Å². The van der Waals surface area contributed by atoms with E-state index in [0.717, 1.165) is 0 Å². The zero-order chi connectivity index (χ0) is 12.2. The Labute approximate surface area is 84.8 Å². The van der Waals surface area contributed by atoms with Crippen LogP contribution in [0.4, 0.5) is 17.6 Å². The summed E-state index contributed by atoms with van der Waals surface area (Å²) in [6.07, 6.45) is -7.20. The number of halogens is 4. The molecule has 15 heavy (non-hydrogen) atoms. The maximum Gasteiger partial charge on any atom is 0.275 e. The van der Waals surface area contributed by atoms with Gasteiger partial charge in [-0.05, 0) is 12.5 Å². The third-order valence-corrected chi connectivity index (χ3v) is 1.71. The molecule has 0 rings (SSSR count). The van der Waals surface area contributed by atoms with Gasteiger partial charge in [0.1, 0.15) is 12.4 Å². The molecular formula is C9H12F4O2. The summed E-state index contributed by atoms with van der Waals surface area (Å²) in [6, 6.07) is 0. The highest BCUT2D eigenvalue weighted by Gasteiger charge is 2.48. The van der Waals surface area contributed by atoms with Crippen molar-refractivity contribution in [1.29, 1.82) is 0 Å². The van der Waals surface area contributed by atoms with Gasteiger partial charge in [0.15, 0.2) is 0 Å². The molecule has 0 atom stereocenters. The van der Waals surface area contributed by atoms with Gasteiger partial charge in [-0.1, -0.05) is 13.2 Å². The predicted octanol–water partition coefficient (Wildman–Crippen LogP) is 2.35. The lowest BCUT2D eigenvalue weighted by Gasteiger charge is -2.26. The monoisotopic (exact) mass is 228 g/mol. The Bertz CT molecular complexity index is 242. The van der Waals surface area contributed by atoms with E-state index < -0.39 is 25.1 Å². The Morgan fingerprint density at radius 3 is 1.93 bits per heavy atom. The minimum Gasteiger partial charge on any atom is -0.490 e. The molecule has 0 spiro atoms. The SMILES string of the molecule is C=C(C)C(=C)OCC(O)(C(F)F)C(F)F. The van der Waals surface area contributed by atoms with Crippen LogP contribution in [0.25, 0.3) is 0 Å². The molecule has 0 aromatic carbocycles. The average molecular weight is 228 g/mol. The minimum atomic E-state index is -3.60. The van der Waals surface area contributed by atoms with Crippen molar-refractivity contribution in [1.82, 2.24) is 0 Å². The second-order valence-corrected chi connectivity index (χ2v) is 3.08. The second kappa shape index (κ2) is 5.16. The molecular weight excluding hydrogens is 216 g/mol. The van der Waals surface area contributed by atoms with Crippen LogP contribution in [0, 0.1) is 0 Å². The lowest BCUT2D eigenvalue weighted by atomic mass is 10.1. The molecule has 0 aliphatic carbocycles. The second-order valence-electron chi connectivity index (χ2n) is 3.08. The minimum absolute atomic E-state index is 0.116. The maximum absolute atomic E-state index is 12.1. The van der Waals surface area contributed by atoms with Crippen molar-refractivity contribution < 1.29 is 27.4 Å². The summed E-state index contributed by atoms with van der Waals surface area (Å²) < 4.78 is 53.0. The van der Waals surface area contributed by atoms with E-state index in [9.17, 15) is 17.6 Å². The average Bonchev–Trinajstić information content (AvgIpc) is 2.12. The summed E-state index contributed by atoms with van der Waals surface area (Å²) in [7, 11) is 0. The maximum atomic E-state index is 12.1. The fourth-order valence-electron chi connectivity index (χ4n) is 0.547. The summed E-state index contributed by atoms with van der Waals surface area (Å²) in [6.45, 7) is 6.85. The number of hydrogen-bond donors (Lipinski definition) is 1. The molecule has 0 fully saturated rings. The number of allylic oxidation sites excluding steroid dienone is 1. The topological polar surface area (TPSA) is 29.5 Å². The van der Waals surface area contributed by atoms with Crippen molar-refractivity contribution >= 4 is 0 Å². The van der Waals surface area contributed by atoms with Crippen LogP contribution >= 0.6 is 0 Å². The number of ether oxygens (including phenoxy) is 1. The quantitative estimate of drug-likeness (QED) is 0.429. The van der Waals surface area contributed by atoms with Crippen molar-refractivity contribution in [3.63, 3.8) is 0 Å². The first-order valence-corrected chi connectivity index (χ1v) is 3.98. The van der Waals surface area contributed by atoms with Gasteiger partial charge in [0.25, 0.3) is 12.9 Å². The third kappa shape index (κ3) is 3.54. The summed E-state index contributed by atoms with van der Waals surface area (Å²) in [5, 5.41) is 8.90. The lowest BCUT2D eigenvalue weighted by Crippen LogP contribution is -2.48. The summed E-state index contributed by atoms with van der Waals surface area (Å²) in [4.78, 5) is 0. The van der Waals surface area contributed by atoms with Gasteiger partial charge in [-0.15, -0.1) is 0 Å². The molecule has 0 aliphatic rings. The van der Waals surface area contributed by atoms with Crippen LogP contribution < -0.4 is 0 Å².